The lowest BCUT2D eigenvalue weighted by atomic mass is 9.86. The third-order valence-electron chi connectivity index (χ3n) is 6.00. The lowest BCUT2D eigenvalue weighted by Crippen LogP contribution is -2.49. The van der Waals surface area contributed by atoms with Crippen molar-refractivity contribution in [1.29, 1.82) is 0 Å². The molecule has 0 spiro atoms. The highest BCUT2D eigenvalue weighted by Crippen LogP contribution is 2.27. The number of piperazine rings is 1. The van der Waals surface area contributed by atoms with E-state index >= 15 is 0 Å². The zero-order valence-corrected chi connectivity index (χ0v) is 17.7. The highest BCUT2D eigenvalue weighted by Gasteiger charge is 2.28. The zero-order valence-electron chi connectivity index (χ0n) is 17.7. The maximum Gasteiger partial charge on any atom is 0.289 e. The molecule has 5 rings (SSSR count). The molecule has 1 atom stereocenters. The van der Waals surface area contributed by atoms with E-state index in [1.54, 1.807) is 23.2 Å². The maximum atomic E-state index is 12.6. The van der Waals surface area contributed by atoms with Crippen molar-refractivity contribution in [3.8, 4) is 0 Å². The summed E-state index contributed by atoms with van der Waals surface area (Å²) in [7, 11) is 0. The average molecular weight is 428 g/mol. The number of furan rings is 1. The van der Waals surface area contributed by atoms with Crippen LogP contribution in [0, 0.1) is 5.92 Å². The second-order valence-electron chi connectivity index (χ2n) is 8.15. The maximum absolute atomic E-state index is 12.6. The van der Waals surface area contributed by atoms with Gasteiger partial charge in [-0.15, -0.1) is 0 Å². The van der Waals surface area contributed by atoms with E-state index in [-0.39, 0.29) is 17.6 Å². The predicted molar refractivity (Wildman–Crippen MR) is 120 cm³/mol. The van der Waals surface area contributed by atoms with Crippen LogP contribution in [0.5, 0.6) is 0 Å². The van der Waals surface area contributed by atoms with Gasteiger partial charge < -0.3 is 14.2 Å². The molecule has 2 aromatic heterocycles. The minimum Gasteiger partial charge on any atom is -0.459 e. The molecule has 1 saturated heterocycles. The second-order valence-corrected chi connectivity index (χ2v) is 8.15. The molecule has 7 heteroatoms. The third-order valence-corrected chi connectivity index (χ3v) is 6.00. The minimum absolute atomic E-state index is 0.0920. The topological polar surface area (TPSA) is 79.5 Å². The van der Waals surface area contributed by atoms with Gasteiger partial charge in [-0.2, -0.15) is 0 Å². The molecule has 1 aliphatic carbocycles. The van der Waals surface area contributed by atoms with Gasteiger partial charge in [0, 0.05) is 38.8 Å². The van der Waals surface area contributed by atoms with Crippen molar-refractivity contribution in [1.82, 2.24) is 14.9 Å². The quantitative estimate of drug-likeness (QED) is 0.633. The van der Waals surface area contributed by atoms with E-state index in [9.17, 15) is 9.59 Å². The Morgan fingerprint density at radius 3 is 2.59 bits per heavy atom. The minimum atomic E-state index is -0.0975. The molecule has 1 fully saturated rings. The summed E-state index contributed by atoms with van der Waals surface area (Å²) < 4.78 is 5.22. The van der Waals surface area contributed by atoms with E-state index in [1.165, 1.54) is 6.26 Å². The number of nitrogens with zero attached hydrogens (tertiary/aromatic N) is 4. The molecule has 0 bridgehead atoms. The van der Waals surface area contributed by atoms with Gasteiger partial charge in [0.25, 0.3) is 5.91 Å². The molecule has 0 saturated carbocycles. The van der Waals surface area contributed by atoms with Crippen molar-refractivity contribution in [2.75, 3.05) is 31.1 Å². The Morgan fingerprint density at radius 2 is 1.84 bits per heavy atom. The largest absolute Gasteiger partial charge is 0.459 e. The van der Waals surface area contributed by atoms with E-state index in [0.717, 1.165) is 17.7 Å². The SMILES string of the molecule is O=C1C[C@@H](/C=C/c2ccccc2)Cc2nc(N3CCN(C(=O)c4ccco4)CC3)ncc21. The number of carbonyl (C=O) groups is 2. The van der Waals surface area contributed by atoms with Crippen molar-refractivity contribution in [2.24, 2.45) is 5.92 Å². The number of allylic oxidation sites excluding steroid dienone is 1. The molecule has 0 N–H and O–H groups in total. The van der Waals surface area contributed by atoms with Crippen LogP contribution in [0.2, 0.25) is 0 Å². The van der Waals surface area contributed by atoms with Crippen molar-refractivity contribution in [2.45, 2.75) is 12.8 Å². The van der Waals surface area contributed by atoms with E-state index in [0.29, 0.717) is 49.9 Å². The van der Waals surface area contributed by atoms with E-state index in [2.05, 4.69) is 22.0 Å². The molecule has 1 aromatic carbocycles. The Hall–Kier alpha value is -3.74. The van der Waals surface area contributed by atoms with Crippen molar-refractivity contribution in [3.05, 3.63) is 83.6 Å². The number of hydrogen-bond acceptors (Lipinski definition) is 6. The van der Waals surface area contributed by atoms with Crippen LogP contribution in [-0.4, -0.2) is 52.7 Å². The van der Waals surface area contributed by atoms with E-state index < -0.39 is 0 Å². The molecule has 1 aliphatic heterocycles. The van der Waals surface area contributed by atoms with Gasteiger partial charge >= 0.3 is 0 Å². The van der Waals surface area contributed by atoms with Crippen molar-refractivity contribution < 1.29 is 14.0 Å². The predicted octanol–water partition coefficient (Wildman–Crippen LogP) is 3.49. The first-order chi connectivity index (χ1) is 15.7. The summed E-state index contributed by atoms with van der Waals surface area (Å²) >= 11 is 0. The molecule has 2 aliphatic rings. The number of benzene rings is 1. The van der Waals surface area contributed by atoms with E-state index in [4.69, 9.17) is 9.40 Å². The third kappa shape index (κ3) is 4.19. The van der Waals surface area contributed by atoms with Crippen LogP contribution in [0.15, 0.2) is 65.4 Å². The monoisotopic (exact) mass is 428 g/mol. The molecule has 32 heavy (non-hydrogen) atoms. The molecule has 162 valence electrons. The Labute approximate surface area is 186 Å². The Balaban J connectivity index is 1.26. The zero-order chi connectivity index (χ0) is 21.9. The number of aromatic nitrogens is 2. The summed E-state index contributed by atoms with van der Waals surface area (Å²) in [4.78, 5) is 38.2. The van der Waals surface area contributed by atoms with Gasteiger partial charge in [0.2, 0.25) is 5.95 Å². The number of anilines is 1. The molecule has 1 amide bonds. The van der Waals surface area contributed by atoms with Crippen LogP contribution in [0.1, 0.15) is 38.6 Å². The number of Topliss-reactive ketones (excluding diaryl/α,β-unsaturated/α-hetero) is 1. The number of hydrogen-bond donors (Lipinski definition) is 0. The van der Waals surface area contributed by atoms with Crippen molar-refractivity contribution >= 4 is 23.7 Å². The van der Waals surface area contributed by atoms with Crippen LogP contribution < -0.4 is 4.90 Å². The normalized spacial score (nSPS) is 18.8. The molecular weight excluding hydrogens is 404 g/mol. The molecule has 7 nitrogen and oxygen atoms in total. The fourth-order valence-corrected chi connectivity index (χ4v) is 4.23. The summed E-state index contributed by atoms with van der Waals surface area (Å²) in [5, 5.41) is 0. The average Bonchev–Trinajstić information content (AvgIpc) is 3.38. The van der Waals surface area contributed by atoms with Crippen LogP contribution in [0.25, 0.3) is 6.08 Å². The number of amides is 1. The second kappa shape index (κ2) is 8.78. The fourth-order valence-electron chi connectivity index (χ4n) is 4.23. The summed E-state index contributed by atoms with van der Waals surface area (Å²) in [6.07, 6.45) is 8.55. The summed E-state index contributed by atoms with van der Waals surface area (Å²) in [6, 6.07) is 13.5. The van der Waals surface area contributed by atoms with Gasteiger partial charge in [0.15, 0.2) is 11.5 Å². The molecule has 3 heterocycles. The van der Waals surface area contributed by atoms with Crippen LogP contribution in [0.3, 0.4) is 0 Å². The first-order valence-electron chi connectivity index (χ1n) is 10.9. The van der Waals surface area contributed by atoms with Gasteiger partial charge in [-0.3, -0.25) is 9.59 Å². The highest BCUT2D eigenvalue weighted by atomic mass is 16.3. The number of ketones is 1. The first kappa shape index (κ1) is 20.2. The van der Waals surface area contributed by atoms with Crippen LogP contribution >= 0.6 is 0 Å². The van der Waals surface area contributed by atoms with Crippen LogP contribution in [-0.2, 0) is 6.42 Å². The van der Waals surface area contributed by atoms with E-state index in [1.807, 2.05) is 30.3 Å². The first-order valence-corrected chi connectivity index (χ1v) is 10.9. The molecule has 0 unspecified atom stereocenters. The fraction of sp³-hybridized carbons (Fsp3) is 0.280. The summed E-state index contributed by atoms with van der Waals surface area (Å²) in [5.41, 5.74) is 2.56. The van der Waals surface area contributed by atoms with Gasteiger partial charge in [0.1, 0.15) is 0 Å². The van der Waals surface area contributed by atoms with Gasteiger partial charge in [0.05, 0.1) is 17.5 Å². The lowest BCUT2D eigenvalue weighted by Gasteiger charge is -2.34. The molecule has 0 radical (unpaired) electrons. The Morgan fingerprint density at radius 1 is 1.03 bits per heavy atom. The standard InChI is InChI=1S/C25H24N4O3/c30-22-16-19(9-8-18-5-2-1-3-6-18)15-21-20(22)17-26-25(27-21)29-12-10-28(11-13-29)24(31)23-7-4-14-32-23/h1-9,14,17,19H,10-13,15-16H2/b9-8+/t19-/m0/s1. The summed E-state index contributed by atoms with van der Waals surface area (Å²) in [5.74, 6) is 1.10. The Kier molecular flexibility index (Phi) is 5.54. The van der Waals surface area contributed by atoms with Gasteiger partial charge in [-0.05, 0) is 30.0 Å². The van der Waals surface area contributed by atoms with Gasteiger partial charge in [-0.25, -0.2) is 9.97 Å². The van der Waals surface area contributed by atoms with Gasteiger partial charge in [-0.1, -0.05) is 42.5 Å². The highest BCUT2D eigenvalue weighted by molar-refractivity contribution is 5.98. The number of rotatable bonds is 4. The van der Waals surface area contributed by atoms with Crippen molar-refractivity contribution in [3.63, 3.8) is 0 Å². The lowest BCUT2D eigenvalue weighted by molar-refractivity contribution is 0.0714. The number of carbonyl (C=O) groups excluding carboxylic acids is 2. The molecular formula is C25H24N4O3. The number of fused-ring (bicyclic) bond motifs is 1. The molecule has 3 aromatic rings. The smallest absolute Gasteiger partial charge is 0.289 e. The Bertz CT molecular complexity index is 1130. The summed E-state index contributed by atoms with van der Waals surface area (Å²) in [6.45, 7) is 2.41. The van der Waals surface area contributed by atoms with Crippen LogP contribution in [0.4, 0.5) is 5.95 Å².